The van der Waals surface area contributed by atoms with Crippen molar-refractivity contribution in [3.8, 4) is 28.1 Å². The van der Waals surface area contributed by atoms with E-state index in [1.54, 1.807) is 18.7 Å². The zero-order valence-corrected chi connectivity index (χ0v) is 37.2. The molecule has 0 bridgehead atoms. The van der Waals surface area contributed by atoms with Crippen molar-refractivity contribution < 1.29 is 43.2 Å². The van der Waals surface area contributed by atoms with Gasteiger partial charge in [-0.1, -0.05) is 18.2 Å². The fourth-order valence-corrected chi connectivity index (χ4v) is 9.98. The van der Waals surface area contributed by atoms with Crippen molar-refractivity contribution in [3.63, 3.8) is 0 Å². The number of amides is 4. The van der Waals surface area contributed by atoms with E-state index in [2.05, 4.69) is 50.9 Å². The van der Waals surface area contributed by atoms with Gasteiger partial charge in [-0.3, -0.25) is 9.59 Å². The molecule has 17 nitrogen and oxygen atoms in total. The Morgan fingerprint density at radius 3 is 2.03 bits per heavy atom. The number of hydrogen-bond acceptors (Lipinski definition) is 10. The van der Waals surface area contributed by atoms with Gasteiger partial charge in [-0.05, 0) is 107 Å². The molecule has 64 heavy (non-hydrogen) atoms. The Labute approximate surface area is 370 Å². The van der Waals surface area contributed by atoms with Gasteiger partial charge < -0.3 is 54.5 Å². The minimum absolute atomic E-state index is 0.0743. The average molecular weight is 877 g/mol. The Kier molecular flexibility index (Phi) is 11.5. The normalized spacial score (nSPS) is 22.4. The number of benzene rings is 3. The summed E-state index contributed by atoms with van der Waals surface area (Å²) in [4.78, 5) is 73.1. The van der Waals surface area contributed by atoms with Gasteiger partial charge in [0, 0.05) is 54.4 Å². The second kappa shape index (κ2) is 17.1. The molecule has 0 unspecified atom stereocenters. The first-order valence-corrected chi connectivity index (χ1v) is 22.2. The highest BCUT2D eigenvalue weighted by Crippen LogP contribution is 2.48. The number of hydrogen-bond donors (Lipinski definition) is 5. The quantitative estimate of drug-likeness (QED) is 0.0855. The van der Waals surface area contributed by atoms with Crippen LogP contribution in [0.2, 0.25) is 0 Å². The van der Waals surface area contributed by atoms with E-state index in [0.717, 1.165) is 99.1 Å². The highest BCUT2D eigenvalue weighted by atomic mass is 16.5. The van der Waals surface area contributed by atoms with E-state index in [0.29, 0.717) is 24.8 Å². The van der Waals surface area contributed by atoms with Gasteiger partial charge in [0.1, 0.15) is 36.1 Å². The molecule has 1 aliphatic carbocycles. The molecule has 338 valence electrons. The van der Waals surface area contributed by atoms with Gasteiger partial charge in [0.05, 0.1) is 48.1 Å². The predicted molar refractivity (Wildman–Crippen MR) is 237 cm³/mol. The van der Waals surface area contributed by atoms with Crippen molar-refractivity contribution in [2.75, 3.05) is 21.3 Å². The SMILES string of the molecule is COC(=O)N[C@H](C(=O)N1[C@@H](C)CC[C@H]1c1nc(-c2ccc3c(c2)COc2cc4c(ccc5[nH]c([C@@H]6CC[C@H](C)N6C(=O)[C@@H](NC(=O)O)[C@@H](C)OC)nc54)cc2-3)c(C2CC2)[nH]1)[C@@H](C)OC. The number of fused-ring (bicyclic) bond motifs is 6. The van der Waals surface area contributed by atoms with Crippen LogP contribution in [-0.4, -0.2) is 117 Å². The van der Waals surface area contributed by atoms with Gasteiger partial charge >= 0.3 is 12.2 Å². The van der Waals surface area contributed by atoms with Crippen LogP contribution >= 0.6 is 0 Å². The van der Waals surface area contributed by atoms with Crippen molar-refractivity contribution in [1.82, 2.24) is 40.4 Å². The van der Waals surface area contributed by atoms with Gasteiger partial charge in [0.25, 0.3) is 0 Å². The first-order valence-electron chi connectivity index (χ1n) is 22.2. The Morgan fingerprint density at radius 2 is 1.42 bits per heavy atom. The lowest BCUT2D eigenvalue weighted by Gasteiger charge is -2.33. The number of carboxylic acid groups (broad SMARTS) is 1. The number of methoxy groups -OCH3 is 3. The van der Waals surface area contributed by atoms with Crippen LogP contribution < -0.4 is 15.4 Å². The maximum atomic E-state index is 14.2. The van der Waals surface area contributed by atoms with Gasteiger partial charge in [0.2, 0.25) is 11.8 Å². The second-order valence-electron chi connectivity index (χ2n) is 17.8. The summed E-state index contributed by atoms with van der Waals surface area (Å²) in [6.45, 7) is 7.78. The number of alkyl carbamates (subject to hydrolysis) is 1. The number of aromatic amines is 2. The van der Waals surface area contributed by atoms with E-state index in [-0.39, 0.29) is 36.0 Å². The third-order valence-corrected chi connectivity index (χ3v) is 13.8. The highest BCUT2D eigenvalue weighted by molar-refractivity contribution is 6.07. The van der Waals surface area contributed by atoms with Crippen LogP contribution in [0.4, 0.5) is 9.59 Å². The predicted octanol–water partition coefficient (Wildman–Crippen LogP) is 7.08. The molecule has 2 saturated heterocycles. The maximum absolute atomic E-state index is 14.2. The number of nitrogens with zero attached hydrogens (tertiary/aromatic N) is 4. The number of carbonyl (C=O) groups is 4. The van der Waals surface area contributed by atoms with Crippen LogP contribution in [0.25, 0.3) is 44.2 Å². The topological polar surface area (TPSA) is 213 Å². The molecular formula is C47H56N8O9. The molecule has 5 N–H and O–H groups in total. The van der Waals surface area contributed by atoms with Gasteiger partial charge in [-0.25, -0.2) is 19.6 Å². The van der Waals surface area contributed by atoms with E-state index in [9.17, 15) is 24.3 Å². The van der Waals surface area contributed by atoms with Crippen LogP contribution in [0.5, 0.6) is 5.75 Å². The summed E-state index contributed by atoms with van der Waals surface area (Å²) in [5.74, 6) is 1.88. The molecule has 3 aromatic carbocycles. The fraction of sp³-hybridized carbons (Fsp3) is 0.489. The first kappa shape index (κ1) is 43.1. The summed E-state index contributed by atoms with van der Waals surface area (Å²) < 4.78 is 22.2. The average Bonchev–Trinajstić information content (AvgIpc) is 3.56. The summed E-state index contributed by atoms with van der Waals surface area (Å²) in [6.07, 6.45) is 1.81. The lowest BCUT2D eigenvalue weighted by atomic mass is 9.92. The van der Waals surface area contributed by atoms with Crippen molar-refractivity contribution >= 4 is 45.8 Å². The molecule has 0 radical (unpaired) electrons. The van der Waals surface area contributed by atoms with Crippen molar-refractivity contribution in [1.29, 1.82) is 0 Å². The minimum Gasteiger partial charge on any atom is -0.488 e. The number of H-pyrrole nitrogens is 2. The molecule has 5 heterocycles. The van der Waals surface area contributed by atoms with Crippen LogP contribution in [0.1, 0.15) is 107 Å². The van der Waals surface area contributed by atoms with Crippen LogP contribution in [0, 0.1) is 0 Å². The number of carbonyl (C=O) groups excluding carboxylic acids is 3. The van der Waals surface area contributed by atoms with Gasteiger partial charge in [-0.2, -0.15) is 0 Å². The number of aromatic nitrogens is 4. The number of ether oxygens (including phenoxy) is 4. The highest BCUT2D eigenvalue weighted by Gasteiger charge is 2.44. The van der Waals surface area contributed by atoms with Crippen LogP contribution in [-0.2, 0) is 30.4 Å². The van der Waals surface area contributed by atoms with E-state index >= 15 is 0 Å². The number of likely N-dealkylation sites (tertiary alicyclic amines) is 2. The van der Waals surface area contributed by atoms with Gasteiger partial charge in [0.15, 0.2) is 0 Å². The second-order valence-corrected chi connectivity index (χ2v) is 17.8. The monoisotopic (exact) mass is 876 g/mol. The Hall–Kier alpha value is -6.20. The summed E-state index contributed by atoms with van der Waals surface area (Å²) in [5, 5.41) is 16.5. The zero-order valence-electron chi connectivity index (χ0n) is 37.2. The fourth-order valence-electron chi connectivity index (χ4n) is 9.98. The smallest absolute Gasteiger partial charge is 0.407 e. The Morgan fingerprint density at radius 1 is 0.781 bits per heavy atom. The molecular weight excluding hydrogens is 821 g/mol. The molecule has 3 fully saturated rings. The molecule has 9 rings (SSSR count). The van der Waals surface area contributed by atoms with Crippen molar-refractivity contribution in [3.05, 3.63) is 65.4 Å². The summed E-state index contributed by atoms with van der Waals surface area (Å²) >= 11 is 0. The Balaban J connectivity index is 1.01. The molecule has 1 saturated carbocycles. The summed E-state index contributed by atoms with van der Waals surface area (Å²) in [5.41, 5.74) is 7.59. The minimum atomic E-state index is -1.29. The number of nitrogens with one attached hydrogen (secondary N) is 4. The molecule has 0 spiro atoms. The molecule has 8 atom stereocenters. The lowest BCUT2D eigenvalue weighted by Crippen LogP contribution is -2.55. The molecule has 4 amide bonds. The number of rotatable bonds is 12. The summed E-state index contributed by atoms with van der Waals surface area (Å²) in [7, 11) is 4.24. The van der Waals surface area contributed by atoms with E-state index in [4.69, 9.17) is 28.9 Å². The number of imidazole rings is 2. The molecule has 5 aromatic rings. The molecule has 3 aliphatic heterocycles. The standard InChI is InChI=1S/C47H56N8O9/c1-22-8-16-34(54(22)44(56)37(24(3)61-5)52-46(58)59)42-48-33-15-13-27-19-32-30-14-12-28(18-29(30)21-64-36(32)20-31(27)41(33)51-42)40-39(26-10-11-26)49-43(50-40)35-17-9-23(2)55(35)45(57)38(25(4)62-6)53-47(60)63-7/h12-15,18-20,22-26,34-35,37-38,52H,8-11,16-17,21H2,1-7H3,(H,48,51)(H,49,50)(H,53,60)(H,58,59)/t22-,23-,24+,25+,34-,35-,37-,38-/m0/s1. The first-order chi connectivity index (χ1) is 30.8. The van der Waals surface area contributed by atoms with Gasteiger partial charge in [-0.15, -0.1) is 0 Å². The lowest BCUT2D eigenvalue weighted by molar-refractivity contribution is -0.140. The maximum Gasteiger partial charge on any atom is 0.407 e. The third-order valence-electron chi connectivity index (χ3n) is 13.8. The summed E-state index contributed by atoms with van der Waals surface area (Å²) in [6, 6.07) is 11.8. The van der Waals surface area contributed by atoms with E-state index in [1.165, 1.54) is 21.3 Å². The van der Waals surface area contributed by atoms with Crippen LogP contribution in [0.15, 0.2) is 42.5 Å². The Bertz CT molecular complexity index is 2640. The van der Waals surface area contributed by atoms with Crippen molar-refractivity contribution in [2.24, 2.45) is 0 Å². The molecule has 17 heteroatoms. The third kappa shape index (κ3) is 7.67. The molecule has 4 aliphatic rings. The largest absolute Gasteiger partial charge is 0.488 e. The van der Waals surface area contributed by atoms with Crippen LogP contribution in [0.3, 0.4) is 0 Å². The zero-order chi connectivity index (χ0) is 45.1. The van der Waals surface area contributed by atoms with E-state index < -0.39 is 36.5 Å². The molecule has 2 aromatic heterocycles. The van der Waals surface area contributed by atoms with E-state index in [1.807, 2.05) is 30.9 Å². The van der Waals surface area contributed by atoms with Crippen molar-refractivity contribution in [2.45, 2.75) is 127 Å².